The number of nitrogens with zero attached hydrogens (tertiary/aromatic N) is 3. The first-order valence-electron chi connectivity index (χ1n) is 13.6. The number of allylic oxidation sites excluding steroid dienone is 1. The van der Waals surface area contributed by atoms with Gasteiger partial charge in [-0.15, -0.1) is 0 Å². The highest BCUT2D eigenvalue weighted by molar-refractivity contribution is 6.27. The maximum atomic E-state index is 13.4. The number of rotatable bonds is 8. The summed E-state index contributed by atoms with van der Waals surface area (Å²) in [7, 11) is 1.76. The fourth-order valence-corrected chi connectivity index (χ4v) is 5.86. The van der Waals surface area contributed by atoms with Crippen LogP contribution < -0.4 is 16.0 Å². The maximum Gasteiger partial charge on any atom is 0.259 e. The number of ether oxygens (including phenoxy) is 1. The van der Waals surface area contributed by atoms with Crippen molar-refractivity contribution in [3.8, 4) is 0 Å². The number of hydrogen-bond acceptors (Lipinski definition) is 7. The second-order valence-corrected chi connectivity index (χ2v) is 11.3. The Balaban J connectivity index is 1.31. The maximum absolute atomic E-state index is 13.4. The van der Waals surface area contributed by atoms with Crippen molar-refractivity contribution in [3.63, 3.8) is 0 Å². The van der Waals surface area contributed by atoms with Gasteiger partial charge in [-0.3, -0.25) is 29.6 Å². The number of methoxy groups -OCH3 is 1. The van der Waals surface area contributed by atoms with Crippen LogP contribution in [-0.2, 0) is 20.7 Å². The number of aliphatic imine (C=N–C) groups is 1. The number of benzene rings is 2. The molecule has 0 radical (unpaired) electrons. The predicted octanol–water partition coefficient (Wildman–Crippen LogP) is 2.95. The van der Waals surface area contributed by atoms with Gasteiger partial charge in [0.05, 0.1) is 17.3 Å². The molecule has 3 N–H and O–H groups in total. The van der Waals surface area contributed by atoms with E-state index in [2.05, 4.69) is 24.1 Å². The average Bonchev–Trinajstić information content (AvgIpc) is 3.21. The van der Waals surface area contributed by atoms with Gasteiger partial charge in [0.1, 0.15) is 6.04 Å². The van der Waals surface area contributed by atoms with Crippen LogP contribution in [0.15, 0.2) is 47.1 Å². The number of anilines is 1. The van der Waals surface area contributed by atoms with E-state index in [0.717, 1.165) is 54.4 Å². The minimum atomic E-state index is -0.699. The summed E-state index contributed by atoms with van der Waals surface area (Å²) in [4.78, 5) is 46.5. The molecule has 3 heterocycles. The molecule has 206 valence electrons. The number of carbonyl (C=O) groups excluding carboxylic acids is 3. The highest BCUT2D eigenvalue weighted by Gasteiger charge is 2.40. The molecule has 9 heteroatoms. The number of carbonyl (C=O) groups is 3. The average molecular weight is 532 g/mol. The molecule has 2 fully saturated rings. The van der Waals surface area contributed by atoms with E-state index < -0.39 is 11.9 Å². The van der Waals surface area contributed by atoms with Crippen LogP contribution in [0.25, 0.3) is 10.8 Å². The van der Waals surface area contributed by atoms with Gasteiger partial charge < -0.3 is 15.4 Å². The summed E-state index contributed by atoms with van der Waals surface area (Å²) in [6.45, 7) is 7.10. The molecule has 2 aromatic rings. The Bertz CT molecular complexity index is 1360. The lowest BCUT2D eigenvalue weighted by molar-refractivity contribution is -0.134. The van der Waals surface area contributed by atoms with E-state index in [0.29, 0.717) is 24.1 Å². The second-order valence-electron chi connectivity index (χ2n) is 11.3. The first kappa shape index (κ1) is 27.0. The van der Waals surface area contributed by atoms with E-state index in [1.807, 2.05) is 30.5 Å². The number of nitrogens with one attached hydrogen (secondary N) is 1. The van der Waals surface area contributed by atoms with Gasteiger partial charge in [0.25, 0.3) is 5.91 Å². The van der Waals surface area contributed by atoms with E-state index in [9.17, 15) is 14.4 Å². The van der Waals surface area contributed by atoms with Gasteiger partial charge in [-0.05, 0) is 68.0 Å². The Morgan fingerprint density at radius 3 is 2.62 bits per heavy atom. The number of nitrogens with two attached hydrogens (primary N) is 1. The van der Waals surface area contributed by atoms with Crippen molar-refractivity contribution in [1.29, 1.82) is 0 Å². The van der Waals surface area contributed by atoms with Crippen molar-refractivity contribution in [2.45, 2.75) is 63.6 Å². The lowest BCUT2D eigenvalue weighted by Gasteiger charge is -2.35. The van der Waals surface area contributed by atoms with E-state index in [1.165, 1.54) is 0 Å². The van der Waals surface area contributed by atoms with Crippen LogP contribution in [0.1, 0.15) is 55.5 Å². The molecule has 0 aromatic heterocycles. The molecule has 0 spiro atoms. The van der Waals surface area contributed by atoms with Gasteiger partial charge in [0.2, 0.25) is 11.8 Å². The van der Waals surface area contributed by atoms with Gasteiger partial charge >= 0.3 is 0 Å². The molecular formula is C30H37N5O4. The number of amides is 3. The quantitative estimate of drug-likeness (QED) is 0.400. The van der Waals surface area contributed by atoms with Crippen LogP contribution in [0.3, 0.4) is 0 Å². The molecule has 0 bridgehead atoms. The Morgan fingerprint density at radius 1 is 1.15 bits per heavy atom. The Hall–Kier alpha value is -3.56. The third-order valence-electron chi connectivity index (χ3n) is 8.11. The van der Waals surface area contributed by atoms with Crippen LogP contribution >= 0.6 is 0 Å². The third kappa shape index (κ3) is 5.46. The number of likely N-dealkylation sites (tertiary alicyclic amines) is 1. The van der Waals surface area contributed by atoms with Crippen LogP contribution in [0, 0.1) is 0 Å². The van der Waals surface area contributed by atoms with Crippen molar-refractivity contribution in [2.24, 2.45) is 10.7 Å². The Labute approximate surface area is 229 Å². The minimum absolute atomic E-state index is 0.158. The molecular weight excluding hydrogens is 494 g/mol. The van der Waals surface area contributed by atoms with Crippen molar-refractivity contribution >= 4 is 40.4 Å². The number of piperidine rings is 2. The third-order valence-corrected chi connectivity index (χ3v) is 8.11. The van der Waals surface area contributed by atoms with Crippen LogP contribution in [-0.4, -0.2) is 73.3 Å². The molecule has 3 amide bonds. The topological polar surface area (TPSA) is 117 Å². The van der Waals surface area contributed by atoms with Gasteiger partial charge in [0, 0.05) is 56.7 Å². The van der Waals surface area contributed by atoms with Gasteiger partial charge in [-0.1, -0.05) is 18.2 Å². The highest BCUT2D eigenvalue weighted by atomic mass is 16.5. The summed E-state index contributed by atoms with van der Waals surface area (Å²) >= 11 is 0. The van der Waals surface area contributed by atoms with E-state index in [1.54, 1.807) is 24.3 Å². The number of hydrogen-bond donors (Lipinski definition) is 2. The predicted molar refractivity (Wildman–Crippen MR) is 152 cm³/mol. The lowest BCUT2D eigenvalue weighted by atomic mass is 9.96. The van der Waals surface area contributed by atoms with E-state index in [-0.39, 0.29) is 29.9 Å². The molecule has 2 saturated heterocycles. The molecule has 5 rings (SSSR count). The van der Waals surface area contributed by atoms with Gasteiger partial charge in [-0.25, -0.2) is 0 Å². The summed E-state index contributed by atoms with van der Waals surface area (Å²) in [5.41, 5.74) is 9.08. The molecule has 39 heavy (non-hydrogen) atoms. The normalized spacial score (nSPS) is 21.4. The zero-order valence-corrected chi connectivity index (χ0v) is 22.9. The minimum Gasteiger partial charge on any atom is -0.404 e. The molecule has 1 unspecified atom stereocenters. The smallest absolute Gasteiger partial charge is 0.259 e. The largest absolute Gasteiger partial charge is 0.404 e. The molecule has 0 aliphatic carbocycles. The Kier molecular flexibility index (Phi) is 7.55. The van der Waals surface area contributed by atoms with Crippen LogP contribution in [0.5, 0.6) is 0 Å². The lowest BCUT2D eigenvalue weighted by Crippen LogP contribution is -2.53. The van der Waals surface area contributed by atoms with Crippen molar-refractivity contribution in [2.75, 3.05) is 31.6 Å². The van der Waals surface area contributed by atoms with Crippen LogP contribution in [0.2, 0.25) is 0 Å². The first-order chi connectivity index (χ1) is 18.7. The Morgan fingerprint density at radius 2 is 1.92 bits per heavy atom. The second kappa shape index (κ2) is 10.9. The zero-order chi connectivity index (χ0) is 27.7. The standard InChI is InChI=1S/C30H37N5O4/c1-30(2,39-3)18-34-13-11-21(12-14-34)32-17-19(16-31)15-20-7-8-24-27-22(20)5-4-6-23(27)29(38)35(24)25-9-10-26(36)33-28(25)37/h4-8,16-17,21,25H,9-15,18,31H2,1-3H3,(H,33,36,37). The summed E-state index contributed by atoms with van der Waals surface area (Å²) in [6.07, 6.45) is 6.58. The molecule has 9 nitrogen and oxygen atoms in total. The van der Waals surface area contributed by atoms with Gasteiger partial charge in [-0.2, -0.15) is 0 Å². The fraction of sp³-hybridized carbons (Fsp3) is 0.467. The molecule has 3 aliphatic heterocycles. The van der Waals surface area contributed by atoms with Crippen molar-refractivity contribution in [1.82, 2.24) is 10.2 Å². The summed E-state index contributed by atoms with van der Waals surface area (Å²) in [6, 6.07) is 9.12. The van der Waals surface area contributed by atoms with Crippen LogP contribution in [0.4, 0.5) is 5.69 Å². The summed E-state index contributed by atoms with van der Waals surface area (Å²) in [5.74, 6) is -0.940. The molecule has 0 saturated carbocycles. The molecule has 1 atom stereocenters. The number of imide groups is 1. The molecule has 3 aliphatic rings. The van der Waals surface area contributed by atoms with Crippen molar-refractivity contribution < 1.29 is 19.1 Å². The zero-order valence-electron chi connectivity index (χ0n) is 22.9. The summed E-state index contributed by atoms with van der Waals surface area (Å²) in [5, 5.41) is 4.16. The SMILES string of the molecule is COC(C)(C)CN1CCC(N=CC(=CN)Cc2ccc3c4c(cccc24)C(=O)N3C2CCC(=O)NC2=O)CC1. The van der Waals surface area contributed by atoms with Gasteiger partial charge in [0.15, 0.2) is 0 Å². The molecule has 2 aromatic carbocycles. The van der Waals surface area contributed by atoms with E-state index in [4.69, 9.17) is 15.5 Å². The first-order valence-corrected chi connectivity index (χ1v) is 13.6. The summed E-state index contributed by atoms with van der Waals surface area (Å²) < 4.78 is 5.57. The van der Waals surface area contributed by atoms with E-state index >= 15 is 0 Å². The van der Waals surface area contributed by atoms with Crippen molar-refractivity contribution in [3.05, 3.63) is 53.2 Å². The monoisotopic (exact) mass is 531 g/mol. The fourth-order valence-electron chi connectivity index (χ4n) is 5.86. The highest BCUT2D eigenvalue weighted by Crippen LogP contribution is 2.41.